The third kappa shape index (κ3) is 4.49. The van der Waals surface area contributed by atoms with Crippen molar-refractivity contribution in [2.24, 2.45) is 0 Å². The van der Waals surface area contributed by atoms with Crippen molar-refractivity contribution in [3.63, 3.8) is 0 Å². The van der Waals surface area contributed by atoms with E-state index in [1.165, 1.54) is 16.6 Å². The van der Waals surface area contributed by atoms with Crippen LogP contribution >= 0.6 is 0 Å². The Balaban J connectivity index is 1.91. The van der Waals surface area contributed by atoms with Crippen LogP contribution in [0.2, 0.25) is 0 Å². The second-order valence-electron chi connectivity index (χ2n) is 6.40. The fourth-order valence-electron chi connectivity index (χ4n) is 2.86. The van der Waals surface area contributed by atoms with Crippen molar-refractivity contribution < 1.29 is 17.9 Å². The molecule has 1 amide bonds. The standard InChI is InChI=1S/C19H24N4O4S/c1-3-20-17-7-6-16(28(25,26)23-8-10-27-11-9-23)12-18(17)22-19(24)15-5-4-14(2)21-13-15/h4-7,12-13,20H,3,8-11H2,1-2H3,(H,22,24). The van der Waals surface area contributed by atoms with E-state index in [9.17, 15) is 13.2 Å². The molecular formula is C19H24N4O4S. The minimum atomic E-state index is -3.66. The van der Waals surface area contributed by atoms with Gasteiger partial charge in [-0.1, -0.05) is 0 Å². The summed E-state index contributed by atoms with van der Waals surface area (Å²) in [6.07, 6.45) is 1.49. The quantitative estimate of drug-likeness (QED) is 0.765. The molecule has 2 heterocycles. The molecule has 0 radical (unpaired) electrons. The van der Waals surface area contributed by atoms with Gasteiger partial charge in [0.2, 0.25) is 10.0 Å². The van der Waals surface area contributed by atoms with Crippen molar-refractivity contribution in [1.82, 2.24) is 9.29 Å². The lowest BCUT2D eigenvalue weighted by Gasteiger charge is -2.26. The molecule has 2 aromatic rings. The molecule has 8 nitrogen and oxygen atoms in total. The number of morpholine rings is 1. The number of anilines is 2. The Morgan fingerprint density at radius 1 is 1.18 bits per heavy atom. The highest BCUT2D eigenvalue weighted by molar-refractivity contribution is 7.89. The van der Waals surface area contributed by atoms with E-state index in [0.717, 1.165) is 5.69 Å². The Hall–Kier alpha value is -2.49. The van der Waals surface area contributed by atoms with Crippen molar-refractivity contribution in [3.05, 3.63) is 47.8 Å². The molecule has 0 saturated carbocycles. The first-order valence-electron chi connectivity index (χ1n) is 9.11. The molecule has 3 rings (SSSR count). The number of ether oxygens (including phenoxy) is 1. The van der Waals surface area contributed by atoms with Gasteiger partial charge in [-0.2, -0.15) is 4.31 Å². The summed E-state index contributed by atoms with van der Waals surface area (Å²) in [6.45, 7) is 5.77. The van der Waals surface area contributed by atoms with Crippen LogP contribution in [0.15, 0.2) is 41.4 Å². The number of aryl methyl sites for hydroxylation is 1. The van der Waals surface area contributed by atoms with Crippen molar-refractivity contribution >= 4 is 27.3 Å². The summed E-state index contributed by atoms with van der Waals surface area (Å²) >= 11 is 0. The molecule has 1 aromatic carbocycles. The van der Waals surface area contributed by atoms with Crippen LogP contribution in [0.4, 0.5) is 11.4 Å². The summed E-state index contributed by atoms with van der Waals surface area (Å²) in [5.41, 5.74) is 2.26. The zero-order valence-electron chi connectivity index (χ0n) is 15.9. The van der Waals surface area contributed by atoms with Gasteiger partial charge in [-0.25, -0.2) is 8.42 Å². The highest BCUT2D eigenvalue weighted by atomic mass is 32.2. The van der Waals surface area contributed by atoms with Gasteiger partial charge in [0.1, 0.15) is 0 Å². The minimum absolute atomic E-state index is 0.133. The number of hydrogen-bond donors (Lipinski definition) is 2. The fourth-order valence-corrected chi connectivity index (χ4v) is 4.30. The number of sulfonamides is 1. The lowest BCUT2D eigenvalue weighted by Crippen LogP contribution is -2.40. The van der Waals surface area contributed by atoms with Gasteiger partial charge in [-0.3, -0.25) is 9.78 Å². The topological polar surface area (TPSA) is 101 Å². The van der Waals surface area contributed by atoms with E-state index in [4.69, 9.17) is 4.74 Å². The number of benzene rings is 1. The molecule has 1 saturated heterocycles. The van der Waals surface area contributed by atoms with E-state index in [0.29, 0.717) is 49.8 Å². The molecule has 1 aliphatic rings. The summed E-state index contributed by atoms with van der Waals surface area (Å²) in [5, 5.41) is 5.94. The molecule has 0 aliphatic carbocycles. The molecule has 1 aliphatic heterocycles. The van der Waals surface area contributed by atoms with Crippen LogP contribution < -0.4 is 10.6 Å². The van der Waals surface area contributed by atoms with E-state index in [2.05, 4.69) is 15.6 Å². The Kier molecular flexibility index (Phi) is 6.28. The normalized spacial score (nSPS) is 15.2. The second kappa shape index (κ2) is 8.68. The molecular weight excluding hydrogens is 380 g/mol. The molecule has 0 atom stereocenters. The highest BCUT2D eigenvalue weighted by Gasteiger charge is 2.27. The monoisotopic (exact) mass is 404 g/mol. The van der Waals surface area contributed by atoms with E-state index in [1.54, 1.807) is 24.3 Å². The highest BCUT2D eigenvalue weighted by Crippen LogP contribution is 2.28. The molecule has 28 heavy (non-hydrogen) atoms. The van der Waals surface area contributed by atoms with Crippen molar-refractivity contribution in [2.75, 3.05) is 43.5 Å². The summed E-state index contributed by atoms with van der Waals surface area (Å²) < 4.78 is 32.5. The summed E-state index contributed by atoms with van der Waals surface area (Å²) in [5.74, 6) is -0.354. The van der Waals surface area contributed by atoms with E-state index in [1.807, 2.05) is 13.8 Å². The average Bonchev–Trinajstić information content (AvgIpc) is 2.70. The zero-order valence-corrected chi connectivity index (χ0v) is 16.8. The molecule has 2 N–H and O–H groups in total. The van der Waals surface area contributed by atoms with Crippen LogP contribution in [0, 0.1) is 6.92 Å². The van der Waals surface area contributed by atoms with Gasteiger partial charge in [0.25, 0.3) is 5.91 Å². The number of aromatic nitrogens is 1. The fraction of sp³-hybridized carbons (Fsp3) is 0.368. The smallest absolute Gasteiger partial charge is 0.257 e. The Labute approximate surface area is 165 Å². The van der Waals surface area contributed by atoms with Gasteiger partial charge in [-0.15, -0.1) is 0 Å². The first kappa shape index (κ1) is 20.2. The molecule has 1 aromatic heterocycles. The van der Waals surface area contributed by atoms with Crippen LogP contribution in [0.5, 0.6) is 0 Å². The number of carbonyl (C=O) groups is 1. The van der Waals surface area contributed by atoms with Crippen molar-refractivity contribution in [3.8, 4) is 0 Å². The minimum Gasteiger partial charge on any atom is -0.384 e. The molecule has 1 fully saturated rings. The van der Waals surface area contributed by atoms with E-state index < -0.39 is 10.0 Å². The number of nitrogens with zero attached hydrogens (tertiary/aromatic N) is 2. The average molecular weight is 404 g/mol. The van der Waals surface area contributed by atoms with Gasteiger partial charge in [0.05, 0.1) is 35.0 Å². The third-order valence-electron chi connectivity index (χ3n) is 4.39. The van der Waals surface area contributed by atoms with E-state index >= 15 is 0 Å². The number of hydrogen-bond acceptors (Lipinski definition) is 6. The van der Waals surface area contributed by atoms with Crippen LogP contribution in [-0.2, 0) is 14.8 Å². The lowest BCUT2D eigenvalue weighted by atomic mass is 10.2. The van der Waals surface area contributed by atoms with E-state index in [-0.39, 0.29) is 10.8 Å². The summed E-state index contributed by atoms with van der Waals surface area (Å²) in [7, 11) is -3.66. The van der Waals surface area contributed by atoms with Crippen LogP contribution in [0.25, 0.3) is 0 Å². The van der Waals surface area contributed by atoms with Crippen molar-refractivity contribution in [1.29, 1.82) is 0 Å². The van der Waals surface area contributed by atoms with Gasteiger partial charge in [0.15, 0.2) is 0 Å². The number of amides is 1. The maximum absolute atomic E-state index is 12.9. The second-order valence-corrected chi connectivity index (χ2v) is 8.33. The maximum Gasteiger partial charge on any atom is 0.257 e. The molecule has 9 heteroatoms. The van der Waals surface area contributed by atoms with Gasteiger partial charge in [0, 0.05) is 31.5 Å². The third-order valence-corrected chi connectivity index (χ3v) is 6.28. The zero-order chi connectivity index (χ0) is 20.1. The predicted octanol–water partition coefficient (Wildman–Crippen LogP) is 2.10. The van der Waals surface area contributed by atoms with Crippen LogP contribution in [0.3, 0.4) is 0 Å². The molecule has 150 valence electrons. The maximum atomic E-state index is 12.9. The molecule has 0 unspecified atom stereocenters. The van der Waals surface area contributed by atoms with Gasteiger partial charge < -0.3 is 15.4 Å². The van der Waals surface area contributed by atoms with Crippen molar-refractivity contribution in [2.45, 2.75) is 18.7 Å². The summed E-state index contributed by atoms with van der Waals surface area (Å²) in [4.78, 5) is 16.8. The SMILES string of the molecule is CCNc1ccc(S(=O)(=O)N2CCOCC2)cc1NC(=O)c1ccc(C)nc1. The number of nitrogens with one attached hydrogen (secondary N) is 2. The Morgan fingerprint density at radius 2 is 1.93 bits per heavy atom. The molecule has 0 spiro atoms. The van der Waals surface area contributed by atoms with Crippen LogP contribution in [-0.4, -0.2) is 56.5 Å². The Morgan fingerprint density at radius 3 is 2.57 bits per heavy atom. The van der Waals surface area contributed by atoms with Gasteiger partial charge in [-0.05, 0) is 44.2 Å². The number of rotatable bonds is 6. The number of pyridine rings is 1. The van der Waals surface area contributed by atoms with Crippen LogP contribution in [0.1, 0.15) is 23.0 Å². The molecule has 0 bridgehead atoms. The van der Waals surface area contributed by atoms with Gasteiger partial charge >= 0.3 is 0 Å². The largest absolute Gasteiger partial charge is 0.384 e. The predicted molar refractivity (Wildman–Crippen MR) is 107 cm³/mol. The lowest BCUT2D eigenvalue weighted by molar-refractivity contribution is 0.0730. The summed E-state index contributed by atoms with van der Waals surface area (Å²) in [6, 6.07) is 8.13. The first-order valence-corrected chi connectivity index (χ1v) is 10.6. The number of carbonyl (C=O) groups excluding carboxylic acids is 1. The first-order chi connectivity index (χ1) is 13.4. The Bertz CT molecular complexity index is 939.